The van der Waals surface area contributed by atoms with Gasteiger partial charge in [-0.15, -0.1) is 0 Å². The molecule has 4 nitrogen and oxygen atoms in total. The quantitative estimate of drug-likeness (QED) is 0.643. The predicted octanol–water partition coefficient (Wildman–Crippen LogP) is 0.753. The van der Waals surface area contributed by atoms with Crippen LogP contribution < -0.4 is 5.73 Å². The van der Waals surface area contributed by atoms with Gasteiger partial charge in [0.05, 0.1) is 0 Å². The molecule has 0 aromatic carbocycles. The summed E-state index contributed by atoms with van der Waals surface area (Å²) in [6.45, 7) is 3.44. The molecule has 4 heteroatoms. The van der Waals surface area contributed by atoms with Crippen molar-refractivity contribution >= 4 is 11.9 Å². The highest BCUT2D eigenvalue weighted by Crippen LogP contribution is 2.22. The van der Waals surface area contributed by atoms with Gasteiger partial charge < -0.3 is 10.8 Å². The minimum Gasteiger partial charge on any atom is -0.481 e. The number of hydrogen-bond acceptors (Lipinski definition) is 2. The number of aliphatic carboxylic acids is 1. The number of rotatable bonds is 5. The number of hydrogen-bond donors (Lipinski definition) is 2. The van der Waals surface area contributed by atoms with Crippen LogP contribution in [0.1, 0.15) is 33.1 Å². The molecular formula is C8H15NO3. The SMILES string of the molecule is CC(C)(CCCC(=O)O)C(N)=O. The molecule has 0 heterocycles. The summed E-state index contributed by atoms with van der Waals surface area (Å²) in [5.41, 5.74) is 4.51. The van der Waals surface area contributed by atoms with Gasteiger partial charge in [0.25, 0.3) is 0 Å². The first-order valence-corrected chi connectivity index (χ1v) is 3.88. The molecule has 0 aliphatic rings. The number of amides is 1. The first-order chi connectivity index (χ1) is 5.36. The Hall–Kier alpha value is -1.06. The monoisotopic (exact) mass is 173 g/mol. The highest BCUT2D eigenvalue weighted by atomic mass is 16.4. The van der Waals surface area contributed by atoms with Crippen molar-refractivity contribution in [2.45, 2.75) is 33.1 Å². The molecule has 0 aromatic heterocycles. The second-order valence-electron chi connectivity index (χ2n) is 3.50. The molecule has 0 saturated heterocycles. The number of carboxylic acids is 1. The molecule has 0 unspecified atom stereocenters. The third-order valence-corrected chi connectivity index (χ3v) is 1.86. The van der Waals surface area contributed by atoms with Crippen molar-refractivity contribution in [3.05, 3.63) is 0 Å². The van der Waals surface area contributed by atoms with E-state index in [0.29, 0.717) is 12.8 Å². The van der Waals surface area contributed by atoms with E-state index in [2.05, 4.69) is 0 Å². The van der Waals surface area contributed by atoms with E-state index in [1.54, 1.807) is 13.8 Å². The van der Waals surface area contributed by atoms with Gasteiger partial charge in [-0.1, -0.05) is 13.8 Å². The van der Waals surface area contributed by atoms with Crippen molar-refractivity contribution < 1.29 is 14.7 Å². The minimum absolute atomic E-state index is 0.0940. The van der Waals surface area contributed by atoms with Gasteiger partial charge in [-0.25, -0.2) is 0 Å². The van der Waals surface area contributed by atoms with Gasteiger partial charge in [0, 0.05) is 11.8 Å². The predicted molar refractivity (Wildman–Crippen MR) is 44.5 cm³/mol. The topological polar surface area (TPSA) is 80.4 Å². The maximum Gasteiger partial charge on any atom is 0.303 e. The molecule has 0 radical (unpaired) electrons. The molecule has 0 bridgehead atoms. The van der Waals surface area contributed by atoms with Crippen LogP contribution in [0.15, 0.2) is 0 Å². The summed E-state index contributed by atoms with van der Waals surface area (Å²) < 4.78 is 0. The Balaban J connectivity index is 3.76. The first kappa shape index (κ1) is 10.9. The normalized spacial score (nSPS) is 11.2. The zero-order valence-electron chi connectivity index (χ0n) is 7.46. The fourth-order valence-corrected chi connectivity index (χ4v) is 0.805. The van der Waals surface area contributed by atoms with Crippen LogP contribution in [0.25, 0.3) is 0 Å². The van der Waals surface area contributed by atoms with Crippen molar-refractivity contribution in [1.29, 1.82) is 0 Å². The summed E-state index contributed by atoms with van der Waals surface area (Å²) >= 11 is 0. The van der Waals surface area contributed by atoms with E-state index in [4.69, 9.17) is 10.8 Å². The van der Waals surface area contributed by atoms with Gasteiger partial charge in [0.2, 0.25) is 5.91 Å². The number of nitrogens with two attached hydrogens (primary N) is 1. The molecule has 70 valence electrons. The van der Waals surface area contributed by atoms with E-state index >= 15 is 0 Å². The summed E-state index contributed by atoms with van der Waals surface area (Å²) in [5.74, 6) is -1.22. The Bertz CT molecular complexity index is 187. The van der Waals surface area contributed by atoms with Crippen LogP contribution in [0.5, 0.6) is 0 Å². The summed E-state index contributed by atoms with van der Waals surface area (Å²) in [7, 11) is 0. The van der Waals surface area contributed by atoms with Gasteiger partial charge >= 0.3 is 5.97 Å². The number of primary amides is 1. The molecule has 0 atom stereocenters. The molecule has 0 saturated carbocycles. The third-order valence-electron chi connectivity index (χ3n) is 1.86. The largest absolute Gasteiger partial charge is 0.481 e. The molecule has 0 aliphatic heterocycles. The smallest absolute Gasteiger partial charge is 0.303 e. The standard InChI is InChI=1S/C8H15NO3/c1-8(2,7(9)12)5-3-4-6(10)11/h3-5H2,1-2H3,(H2,9,12)(H,10,11). The lowest BCUT2D eigenvalue weighted by Gasteiger charge is -2.19. The number of carbonyl (C=O) groups excluding carboxylic acids is 1. The Morgan fingerprint density at radius 3 is 2.25 bits per heavy atom. The number of carbonyl (C=O) groups is 2. The van der Waals surface area contributed by atoms with E-state index in [1.807, 2.05) is 0 Å². The van der Waals surface area contributed by atoms with Crippen molar-refractivity contribution in [2.75, 3.05) is 0 Å². The Labute approximate surface area is 71.8 Å². The highest BCUT2D eigenvalue weighted by Gasteiger charge is 2.24. The van der Waals surface area contributed by atoms with Crippen LogP contribution in [0.3, 0.4) is 0 Å². The molecular weight excluding hydrogens is 158 g/mol. The Morgan fingerprint density at radius 2 is 1.92 bits per heavy atom. The molecule has 3 N–H and O–H groups in total. The maximum absolute atomic E-state index is 10.8. The minimum atomic E-state index is -0.838. The average molecular weight is 173 g/mol. The van der Waals surface area contributed by atoms with Crippen LogP contribution >= 0.6 is 0 Å². The molecule has 0 spiro atoms. The first-order valence-electron chi connectivity index (χ1n) is 3.88. The molecule has 0 fully saturated rings. The zero-order chi connectivity index (χ0) is 9.78. The van der Waals surface area contributed by atoms with Crippen molar-refractivity contribution in [2.24, 2.45) is 11.1 Å². The van der Waals surface area contributed by atoms with E-state index in [9.17, 15) is 9.59 Å². The van der Waals surface area contributed by atoms with Gasteiger partial charge in [-0.2, -0.15) is 0 Å². The lowest BCUT2D eigenvalue weighted by Crippen LogP contribution is -2.31. The fourth-order valence-electron chi connectivity index (χ4n) is 0.805. The Kier molecular flexibility index (Phi) is 3.73. The zero-order valence-corrected chi connectivity index (χ0v) is 7.46. The van der Waals surface area contributed by atoms with Crippen molar-refractivity contribution in [3.8, 4) is 0 Å². The van der Waals surface area contributed by atoms with Crippen LogP contribution in [0, 0.1) is 5.41 Å². The van der Waals surface area contributed by atoms with Crippen LogP contribution in [-0.2, 0) is 9.59 Å². The van der Waals surface area contributed by atoms with Crippen LogP contribution in [-0.4, -0.2) is 17.0 Å². The van der Waals surface area contributed by atoms with E-state index in [1.165, 1.54) is 0 Å². The van der Waals surface area contributed by atoms with Gasteiger partial charge in [-0.3, -0.25) is 9.59 Å². The van der Waals surface area contributed by atoms with Crippen molar-refractivity contribution in [3.63, 3.8) is 0 Å². The second-order valence-corrected chi connectivity index (χ2v) is 3.50. The summed E-state index contributed by atoms with van der Waals surface area (Å²) in [6, 6.07) is 0. The number of carboxylic acid groups (broad SMARTS) is 1. The molecule has 12 heavy (non-hydrogen) atoms. The van der Waals surface area contributed by atoms with E-state index < -0.39 is 11.4 Å². The molecule has 1 amide bonds. The van der Waals surface area contributed by atoms with Crippen molar-refractivity contribution in [1.82, 2.24) is 0 Å². The third kappa shape index (κ3) is 3.95. The average Bonchev–Trinajstić information content (AvgIpc) is 1.85. The highest BCUT2D eigenvalue weighted by molar-refractivity contribution is 5.79. The Morgan fingerprint density at radius 1 is 1.42 bits per heavy atom. The second kappa shape index (κ2) is 4.09. The lowest BCUT2D eigenvalue weighted by atomic mass is 9.86. The van der Waals surface area contributed by atoms with Gasteiger partial charge in [0.1, 0.15) is 0 Å². The maximum atomic E-state index is 10.8. The molecule has 0 aromatic rings. The van der Waals surface area contributed by atoms with Gasteiger partial charge in [-0.05, 0) is 12.8 Å². The van der Waals surface area contributed by atoms with Gasteiger partial charge in [0.15, 0.2) is 0 Å². The van der Waals surface area contributed by atoms with Crippen LogP contribution in [0.2, 0.25) is 0 Å². The summed E-state index contributed by atoms with van der Waals surface area (Å²) in [5, 5.41) is 8.33. The van der Waals surface area contributed by atoms with E-state index in [-0.39, 0.29) is 12.3 Å². The molecule has 0 rings (SSSR count). The summed E-state index contributed by atoms with van der Waals surface area (Å²) in [4.78, 5) is 20.9. The summed E-state index contributed by atoms with van der Waals surface area (Å²) in [6.07, 6.45) is 1.11. The van der Waals surface area contributed by atoms with Crippen LogP contribution in [0.4, 0.5) is 0 Å². The fraction of sp³-hybridized carbons (Fsp3) is 0.750. The molecule has 0 aliphatic carbocycles. The lowest BCUT2D eigenvalue weighted by molar-refractivity contribution is -0.137. The van der Waals surface area contributed by atoms with E-state index in [0.717, 1.165) is 0 Å².